The van der Waals surface area contributed by atoms with Crippen LogP contribution in [0.4, 0.5) is 0 Å². The molecule has 4 nitrogen and oxygen atoms in total. The van der Waals surface area contributed by atoms with Gasteiger partial charge in [-0.3, -0.25) is 4.90 Å². The molecule has 112 valence electrons. The molecule has 1 heterocycles. The molecule has 0 aromatic carbocycles. The Morgan fingerprint density at radius 1 is 1.32 bits per heavy atom. The fourth-order valence-corrected chi connectivity index (χ4v) is 3.30. The molecule has 2 unspecified atom stereocenters. The monoisotopic (exact) mass is 270 g/mol. The zero-order valence-electron chi connectivity index (χ0n) is 12.5. The Morgan fingerprint density at radius 3 is 2.74 bits per heavy atom. The molecule has 1 aliphatic carbocycles. The molecular weight excluding hydrogens is 240 g/mol. The van der Waals surface area contributed by atoms with Crippen molar-refractivity contribution in [1.82, 2.24) is 10.2 Å². The molecule has 0 radical (unpaired) electrons. The van der Waals surface area contributed by atoms with E-state index in [0.717, 1.165) is 32.8 Å². The minimum atomic E-state index is -0.268. The van der Waals surface area contributed by atoms with Gasteiger partial charge >= 0.3 is 0 Å². The number of hydrogen-bond acceptors (Lipinski definition) is 4. The molecule has 0 aromatic rings. The van der Waals surface area contributed by atoms with Gasteiger partial charge in [0.25, 0.3) is 0 Å². The van der Waals surface area contributed by atoms with Gasteiger partial charge < -0.3 is 15.2 Å². The van der Waals surface area contributed by atoms with Crippen LogP contribution in [0.1, 0.15) is 39.5 Å². The van der Waals surface area contributed by atoms with Crippen LogP contribution in [0.2, 0.25) is 0 Å². The molecule has 0 bridgehead atoms. The highest BCUT2D eigenvalue weighted by Gasteiger charge is 2.32. The lowest BCUT2D eigenvalue weighted by Crippen LogP contribution is -2.49. The second-order valence-electron chi connectivity index (χ2n) is 6.76. The van der Waals surface area contributed by atoms with E-state index in [1.54, 1.807) is 0 Å². The molecule has 2 rings (SSSR count). The summed E-state index contributed by atoms with van der Waals surface area (Å²) in [6.07, 6.45) is 4.94. The molecule has 4 heteroatoms. The first-order valence-corrected chi connectivity index (χ1v) is 7.79. The molecule has 2 N–H and O–H groups in total. The Morgan fingerprint density at radius 2 is 2.05 bits per heavy atom. The normalized spacial score (nSPS) is 30.2. The molecule has 2 atom stereocenters. The molecule has 2 fully saturated rings. The maximum Gasteiger partial charge on any atom is 0.0791 e. The molecule has 1 saturated carbocycles. The van der Waals surface area contributed by atoms with E-state index in [-0.39, 0.29) is 6.10 Å². The second kappa shape index (κ2) is 7.02. The Bertz CT molecular complexity index is 265. The van der Waals surface area contributed by atoms with Gasteiger partial charge in [-0.05, 0) is 18.3 Å². The maximum absolute atomic E-state index is 10.2. The molecule has 1 saturated heterocycles. The topological polar surface area (TPSA) is 44.7 Å². The largest absolute Gasteiger partial charge is 0.390 e. The van der Waals surface area contributed by atoms with Gasteiger partial charge in [-0.15, -0.1) is 0 Å². The van der Waals surface area contributed by atoms with Crippen LogP contribution in [0, 0.1) is 5.41 Å². The van der Waals surface area contributed by atoms with Crippen LogP contribution in [0.15, 0.2) is 0 Å². The van der Waals surface area contributed by atoms with Crippen molar-refractivity contribution in [2.45, 2.75) is 51.7 Å². The van der Waals surface area contributed by atoms with Crippen molar-refractivity contribution in [3.63, 3.8) is 0 Å². The predicted molar refractivity (Wildman–Crippen MR) is 77.3 cm³/mol. The summed E-state index contributed by atoms with van der Waals surface area (Å²) in [4.78, 5) is 2.29. The summed E-state index contributed by atoms with van der Waals surface area (Å²) in [6, 6.07) is 0.556. The SMILES string of the molecule is CC1(C)CCCCC1NCC(O)CN1CCOCC1. The van der Waals surface area contributed by atoms with Gasteiger partial charge in [0, 0.05) is 32.2 Å². The van der Waals surface area contributed by atoms with Crippen LogP contribution in [-0.2, 0) is 4.74 Å². The highest BCUT2D eigenvalue weighted by atomic mass is 16.5. The lowest BCUT2D eigenvalue weighted by atomic mass is 9.73. The fourth-order valence-electron chi connectivity index (χ4n) is 3.30. The summed E-state index contributed by atoms with van der Waals surface area (Å²) in [6.45, 7) is 9.68. The van der Waals surface area contributed by atoms with Crippen molar-refractivity contribution in [1.29, 1.82) is 0 Å². The number of ether oxygens (including phenoxy) is 1. The van der Waals surface area contributed by atoms with E-state index in [2.05, 4.69) is 24.1 Å². The van der Waals surface area contributed by atoms with Crippen LogP contribution in [0.25, 0.3) is 0 Å². The Kier molecular flexibility index (Phi) is 5.63. The summed E-state index contributed by atoms with van der Waals surface area (Å²) in [5.74, 6) is 0. The van der Waals surface area contributed by atoms with E-state index < -0.39 is 0 Å². The van der Waals surface area contributed by atoms with Gasteiger partial charge in [0.2, 0.25) is 0 Å². The summed E-state index contributed by atoms with van der Waals surface area (Å²) in [7, 11) is 0. The highest BCUT2D eigenvalue weighted by molar-refractivity contribution is 4.88. The quantitative estimate of drug-likeness (QED) is 0.789. The molecule has 2 aliphatic rings. The first-order chi connectivity index (χ1) is 9.08. The average molecular weight is 270 g/mol. The molecule has 0 aromatic heterocycles. The number of nitrogens with zero attached hydrogens (tertiary/aromatic N) is 1. The predicted octanol–water partition coefficient (Wildman–Crippen LogP) is 1.24. The van der Waals surface area contributed by atoms with Gasteiger partial charge in [-0.25, -0.2) is 0 Å². The summed E-state index contributed by atoms with van der Waals surface area (Å²) < 4.78 is 5.32. The van der Waals surface area contributed by atoms with Gasteiger partial charge in [0.15, 0.2) is 0 Å². The number of β-amino-alcohol motifs (C(OH)–C–C–N with tert-alkyl or cyclic N) is 1. The number of aliphatic hydroxyl groups is 1. The van der Waals surface area contributed by atoms with Crippen LogP contribution < -0.4 is 5.32 Å². The summed E-state index contributed by atoms with van der Waals surface area (Å²) in [5, 5.41) is 13.8. The third-order valence-corrected chi connectivity index (χ3v) is 4.68. The summed E-state index contributed by atoms with van der Waals surface area (Å²) >= 11 is 0. The first-order valence-electron chi connectivity index (χ1n) is 7.79. The molecular formula is C15H30N2O2. The third kappa shape index (κ3) is 4.71. The van der Waals surface area contributed by atoms with Crippen LogP contribution >= 0.6 is 0 Å². The van der Waals surface area contributed by atoms with Crippen LogP contribution in [0.5, 0.6) is 0 Å². The van der Waals surface area contributed by atoms with Crippen molar-refractivity contribution in [3.05, 3.63) is 0 Å². The number of hydrogen-bond donors (Lipinski definition) is 2. The molecule has 1 aliphatic heterocycles. The van der Waals surface area contributed by atoms with Gasteiger partial charge in [-0.1, -0.05) is 26.7 Å². The van der Waals surface area contributed by atoms with E-state index in [1.165, 1.54) is 25.7 Å². The van der Waals surface area contributed by atoms with E-state index >= 15 is 0 Å². The van der Waals surface area contributed by atoms with E-state index in [1.807, 2.05) is 0 Å². The average Bonchev–Trinajstić information content (AvgIpc) is 2.38. The zero-order chi connectivity index (χ0) is 13.7. The van der Waals surface area contributed by atoms with Crippen molar-refractivity contribution in [2.75, 3.05) is 39.4 Å². The van der Waals surface area contributed by atoms with Gasteiger partial charge in [0.1, 0.15) is 0 Å². The first kappa shape index (κ1) is 15.2. The minimum absolute atomic E-state index is 0.268. The molecule has 0 spiro atoms. The lowest BCUT2D eigenvalue weighted by Gasteiger charge is -2.40. The fraction of sp³-hybridized carbons (Fsp3) is 1.00. The van der Waals surface area contributed by atoms with E-state index in [9.17, 15) is 5.11 Å². The van der Waals surface area contributed by atoms with E-state index in [4.69, 9.17) is 4.74 Å². The lowest BCUT2D eigenvalue weighted by molar-refractivity contribution is 0.0129. The zero-order valence-corrected chi connectivity index (χ0v) is 12.5. The number of morpholine rings is 1. The standard InChI is InChI=1S/C15H30N2O2/c1-15(2)6-4-3-5-14(15)16-11-13(18)12-17-7-9-19-10-8-17/h13-14,16,18H,3-12H2,1-2H3. The summed E-state index contributed by atoms with van der Waals surface area (Å²) in [5.41, 5.74) is 0.372. The Hall–Kier alpha value is -0.160. The van der Waals surface area contributed by atoms with Gasteiger partial charge in [-0.2, -0.15) is 0 Å². The van der Waals surface area contributed by atoms with Crippen molar-refractivity contribution in [2.24, 2.45) is 5.41 Å². The van der Waals surface area contributed by atoms with Crippen LogP contribution in [0.3, 0.4) is 0 Å². The van der Waals surface area contributed by atoms with Gasteiger partial charge in [0.05, 0.1) is 19.3 Å². The smallest absolute Gasteiger partial charge is 0.0791 e. The number of aliphatic hydroxyl groups excluding tert-OH is 1. The molecule has 0 amide bonds. The van der Waals surface area contributed by atoms with Crippen LogP contribution in [-0.4, -0.2) is 61.5 Å². The molecule has 19 heavy (non-hydrogen) atoms. The van der Waals surface area contributed by atoms with E-state index in [0.29, 0.717) is 18.0 Å². The number of rotatable bonds is 5. The van der Waals surface area contributed by atoms with Crippen molar-refractivity contribution in [3.8, 4) is 0 Å². The second-order valence-corrected chi connectivity index (χ2v) is 6.76. The van der Waals surface area contributed by atoms with Crippen molar-refractivity contribution >= 4 is 0 Å². The Balaban J connectivity index is 1.68. The highest BCUT2D eigenvalue weighted by Crippen LogP contribution is 2.35. The third-order valence-electron chi connectivity index (χ3n) is 4.68. The minimum Gasteiger partial charge on any atom is -0.390 e. The number of nitrogens with one attached hydrogen (secondary N) is 1. The van der Waals surface area contributed by atoms with Crippen molar-refractivity contribution < 1.29 is 9.84 Å². The maximum atomic E-state index is 10.2. The Labute approximate surface area is 117 Å².